The van der Waals surface area contributed by atoms with Gasteiger partial charge in [0.15, 0.2) is 12.0 Å². The van der Waals surface area contributed by atoms with Gasteiger partial charge in [0, 0.05) is 0 Å². The highest BCUT2D eigenvalue weighted by Gasteiger charge is 2.53. The van der Waals surface area contributed by atoms with Crippen molar-refractivity contribution in [1.82, 2.24) is 4.98 Å². The van der Waals surface area contributed by atoms with Crippen LogP contribution in [0.4, 0.5) is 32.0 Å². The Kier molecular flexibility index (Phi) is 8.67. The highest BCUT2D eigenvalue weighted by atomic mass is 19.4. The quantitative estimate of drug-likeness (QED) is 0.237. The Labute approximate surface area is 173 Å². The van der Waals surface area contributed by atoms with Gasteiger partial charge in [0.2, 0.25) is 11.5 Å². The molecule has 2 atom stereocenters. The number of aliphatic hydroxyl groups is 1. The maximum atomic E-state index is 13.3. The molecule has 0 saturated heterocycles. The van der Waals surface area contributed by atoms with Crippen molar-refractivity contribution >= 4 is 17.9 Å². The van der Waals surface area contributed by atoms with E-state index < -0.39 is 65.6 Å². The number of hydrogen-bond donors (Lipinski definition) is 2. The number of alkyl halides is 6. The van der Waals surface area contributed by atoms with Crippen LogP contribution >= 0.6 is 0 Å². The molecule has 3 N–H and O–H groups in total. The number of anilines is 1. The van der Waals surface area contributed by atoms with Crippen LogP contribution in [0.5, 0.6) is 5.88 Å². The van der Waals surface area contributed by atoms with Crippen LogP contribution in [-0.4, -0.2) is 47.3 Å². The molecule has 0 amide bonds. The van der Waals surface area contributed by atoms with Crippen molar-refractivity contribution in [3.63, 3.8) is 0 Å². The minimum atomic E-state index is -5.10. The van der Waals surface area contributed by atoms with Gasteiger partial charge in [-0.15, -0.1) is 0 Å². The summed E-state index contributed by atoms with van der Waals surface area (Å²) in [5, 5.41) is 9.30. The fraction of sp³-hybridized carbons (Fsp3) is 0.611. The predicted octanol–water partition coefficient (Wildman–Crippen LogP) is 3.68. The Hall–Kier alpha value is -2.57. The minimum absolute atomic E-state index is 0.127. The number of nitrogens with zero attached hydrogens (tertiary/aromatic N) is 1. The zero-order valence-electron chi connectivity index (χ0n) is 16.6. The fourth-order valence-corrected chi connectivity index (χ4v) is 2.59. The summed E-state index contributed by atoms with van der Waals surface area (Å²) in [7, 11) is 0.995. The molecule has 7 nitrogen and oxygen atoms in total. The first-order chi connectivity index (χ1) is 14.2. The number of nitrogens with two attached hydrogens (primary N) is 1. The summed E-state index contributed by atoms with van der Waals surface area (Å²) in [5.41, 5.74) is -0.402. The molecule has 0 aliphatic heterocycles. The number of ether oxygens (including phenoxy) is 2. The van der Waals surface area contributed by atoms with Crippen molar-refractivity contribution in [3.05, 3.63) is 17.3 Å². The summed E-state index contributed by atoms with van der Waals surface area (Å²) in [6, 6.07) is 0.499. The topological polar surface area (TPSA) is 112 Å². The first kappa shape index (κ1) is 26.5. The number of aldehydes is 1. The third-order valence-corrected chi connectivity index (χ3v) is 4.37. The molecule has 176 valence electrons. The zero-order valence-corrected chi connectivity index (χ0v) is 16.6. The lowest BCUT2D eigenvalue weighted by atomic mass is 9.96. The van der Waals surface area contributed by atoms with Crippen molar-refractivity contribution in [2.45, 2.75) is 63.1 Å². The number of aromatic nitrogens is 1. The molecule has 0 radical (unpaired) electrons. The molecule has 0 aromatic carbocycles. The van der Waals surface area contributed by atoms with Crippen LogP contribution in [-0.2, 0) is 15.7 Å². The van der Waals surface area contributed by atoms with Crippen molar-refractivity contribution in [1.29, 1.82) is 0 Å². The largest absolute Gasteiger partial charge is 0.474 e. The van der Waals surface area contributed by atoms with Gasteiger partial charge in [-0.25, -0.2) is 9.78 Å². The molecule has 31 heavy (non-hydrogen) atoms. The van der Waals surface area contributed by atoms with Crippen molar-refractivity contribution < 1.29 is 50.5 Å². The van der Waals surface area contributed by atoms with Crippen LogP contribution in [0.3, 0.4) is 0 Å². The molecule has 0 saturated carbocycles. The van der Waals surface area contributed by atoms with Gasteiger partial charge < -0.3 is 20.3 Å². The lowest BCUT2D eigenvalue weighted by molar-refractivity contribution is -0.246. The van der Waals surface area contributed by atoms with Gasteiger partial charge >= 0.3 is 18.3 Å². The molecule has 0 aliphatic carbocycles. The van der Waals surface area contributed by atoms with Crippen LogP contribution in [0.1, 0.15) is 55.1 Å². The molecule has 0 aliphatic rings. The first-order valence-electron chi connectivity index (χ1n) is 9.04. The maximum absolute atomic E-state index is 13.3. The summed E-state index contributed by atoms with van der Waals surface area (Å²) in [5.74, 6) is -1.95. The lowest BCUT2D eigenvalue weighted by Crippen LogP contribution is -2.46. The van der Waals surface area contributed by atoms with E-state index >= 15 is 0 Å². The Bertz CT molecular complexity index is 784. The van der Waals surface area contributed by atoms with Crippen LogP contribution in [0.2, 0.25) is 0 Å². The highest BCUT2D eigenvalue weighted by molar-refractivity contribution is 5.93. The average Bonchev–Trinajstić information content (AvgIpc) is 2.66. The van der Waals surface area contributed by atoms with Gasteiger partial charge in [-0.1, -0.05) is 6.42 Å². The number of unbranched alkanes of at least 4 members (excludes halogenated alkanes) is 2. The van der Waals surface area contributed by atoms with E-state index in [1.807, 2.05) is 0 Å². The van der Waals surface area contributed by atoms with Crippen LogP contribution in [0.25, 0.3) is 0 Å². The Balaban J connectivity index is 2.78. The smallest absolute Gasteiger partial charge is 0.424 e. The molecule has 0 spiro atoms. The first-order valence-corrected chi connectivity index (χ1v) is 9.04. The van der Waals surface area contributed by atoms with Crippen LogP contribution in [0, 0.1) is 0 Å². The predicted molar refractivity (Wildman–Crippen MR) is 95.2 cm³/mol. The number of carbonyl (C=O) groups excluding carboxylic acids is 2. The maximum Gasteiger partial charge on any atom is 0.424 e. The molecule has 0 bridgehead atoms. The summed E-state index contributed by atoms with van der Waals surface area (Å²) >= 11 is 0. The third-order valence-electron chi connectivity index (χ3n) is 4.37. The Morgan fingerprint density at radius 1 is 1.23 bits per heavy atom. The van der Waals surface area contributed by atoms with Gasteiger partial charge in [-0.2, -0.15) is 26.3 Å². The number of rotatable bonds is 10. The van der Waals surface area contributed by atoms with E-state index in [9.17, 15) is 41.0 Å². The molecule has 1 aromatic heterocycles. The molecular weight excluding hydrogens is 438 g/mol. The van der Waals surface area contributed by atoms with E-state index in [2.05, 4.69) is 9.72 Å². The second-order valence-electron chi connectivity index (χ2n) is 6.84. The number of esters is 1. The Morgan fingerprint density at radius 3 is 2.32 bits per heavy atom. The van der Waals surface area contributed by atoms with E-state index in [1.165, 1.54) is 6.92 Å². The van der Waals surface area contributed by atoms with Gasteiger partial charge in [-0.3, -0.25) is 4.79 Å². The van der Waals surface area contributed by atoms with Crippen LogP contribution < -0.4 is 10.5 Å². The second kappa shape index (κ2) is 10.2. The fourth-order valence-electron chi connectivity index (χ4n) is 2.59. The molecule has 1 rings (SSSR count). The molecule has 1 aromatic rings. The second-order valence-corrected chi connectivity index (χ2v) is 6.84. The van der Waals surface area contributed by atoms with E-state index in [0.717, 1.165) is 7.11 Å². The van der Waals surface area contributed by atoms with Gasteiger partial charge in [0.25, 0.3) is 0 Å². The number of pyridine rings is 1. The summed E-state index contributed by atoms with van der Waals surface area (Å²) in [6.07, 6.45) is -11.9. The normalized spacial score (nSPS) is 15.1. The number of carbonyl (C=O) groups is 2. The van der Waals surface area contributed by atoms with Crippen molar-refractivity contribution in [3.8, 4) is 5.88 Å². The zero-order chi connectivity index (χ0) is 24.0. The number of halogens is 6. The molecule has 0 unspecified atom stereocenters. The van der Waals surface area contributed by atoms with Gasteiger partial charge in [-0.05, 0) is 38.7 Å². The van der Waals surface area contributed by atoms with Crippen molar-refractivity contribution in [2.24, 2.45) is 0 Å². The van der Waals surface area contributed by atoms with E-state index in [0.29, 0.717) is 6.07 Å². The third kappa shape index (κ3) is 6.97. The number of methoxy groups -OCH3 is 1. The molecule has 1 heterocycles. The van der Waals surface area contributed by atoms with E-state index in [1.54, 1.807) is 0 Å². The van der Waals surface area contributed by atoms with E-state index in [-0.39, 0.29) is 25.7 Å². The SMILES string of the molecule is COC(=O)c1nc(O[C@H](C)CCCCC[C@@](O)(C=O)C(F)(F)F)c(C(F)(F)F)cc1N. The average molecular weight is 460 g/mol. The summed E-state index contributed by atoms with van der Waals surface area (Å²) in [6.45, 7) is 1.41. The molecule has 13 heteroatoms. The molecular formula is C18H22F6N2O5. The van der Waals surface area contributed by atoms with E-state index in [4.69, 9.17) is 10.5 Å². The number of nitrogen functional groups attached to an aromatic ring is 1. The molecule has 0 fully saturated rings. The standard InChI is InChI=1S/C18H22F6N2O5/c1-10(6-4-3-5-7-16(29,9-27)18(22,23)24)31-14-11(17(19,20)21)8-12(25)13(26-14)15(28)30-2/h8-10,29H,3-7,25H2,1-2H3/t10-,16-/m1/s1. The Morgan fingerprint density at radius 2 is 1.84 bits per heavy atom. The monoisotopic (exact) mass is 460 g/mol. The minimum Gasteiger partial charge on any atom is -0.474 e. The van der Waals surface area contributed by atoms with Gasteiger partial charge in [0.1, 0.15) is 5.56 Å². The lowest BCUT2D eigenvalue weighted by Gasteiger charge is -2.24. The summed E-state index contributed by atoms with van der Waals surface area (Å²) < 4.78 is 87.2. The van der Waals surface area contributed by atoms with Crippen LogP contribution in [0.15, 0.2) is 6.07 Å². The summed E-state index contributed by atoms with van der Waals surface area (Å²) in [4.78, 5) is 25.7. The van der Waals surface area contributed by atoms with Crippen molar-refractivity contribution in [2.75, 3.05) is 12.8 Å². The van der Waals surface area contributed by atoms with Gasteiger partial charge in [0.05, 0.1) is 18.9 Å². The highest BCUT2D eigenvalue weighted by Crippen LogP contribution is 2.38. The number of hydrogen-bond acceptors (Lipinski definition) is 7.